The molecule has 3 nitrogen and oxygen atoms in total. The van der Waals surface area contributed by atoms with E-state index in [0.717, 1.165) is 30.5 Å². The van der Waals surface area contributed by atoms with E-state index in [9.17, 15) is 13.2 Å². The molecule has 0 amide bonds. The quantitative estimate of drug-likeness (QED) is 0.576. The van der Waals surface area contributed by atoms with Crippen LogP contribution in [0.15, 0.2) is 30.5 Å². The van der Waals surface area contributed by atoms with Gasteiger partial charge >= 0.3 is 12.4 Å². The van der Waals surface area contributed by atoms with Gasteiger partial charge in [0.25, 0.3) is 0 Å². The lowest BCUT2D eigenvalue weighted by Crippen LogP contribution is -2.04. The number of halogens is 3. The van der Waals surface area contributed by atoms with E-state index in [1.165, 1.54) is 0 Å². The van der Waals surface area contributed by atoms with Crippen LogP contribution in [-0.2, 0) is 6.18 Å². The van der Waals surface area contributed by atoms with Crippen LogP contribution in [0.3, 0.4) is 0 Å². The molecule has 0 heterocycles. The third-order valence-corrected chi connectivity index (χ3v) is 1.69. The number of alkyl halides is 3. The lowest BCUT2D eigenvalue weighted by Gasteiger charge is -2.06. The van der Waals surface area contributed by atoms with Crippen LogP contribution in [0.5, 0.6) is 0 Å². The van der Waals surface area contributed by atoms with Gasteiger partial charge in [-0.3, -0.25) is 0 Å². The van der Waals surface area contributed by atoms with Crippen LogP contribution in [-0.4, -0.2) is 5.11 Å². The van der Waals surface area contributed by atoms with E-state index in [-0.39, 0.29) is 5.56 Å². The number of diazo groups is 1. The summed E-state index contributed by atoms with van der Waals surface area (Å²) in [7, 11) is 0. The van der Waals surface area contributed by atoms with Crippen molar-refractivity contribution in [2.45, 2.75) is 6.18 Å². The number of benzene rings is 1. The molecule has 0 fully saturated rings. The van der Waals surface area contributed by atoms with Crippen molar-refractivity contribution in [1.82, 2.24) is 0 Å². The Morgan fingerprint density at radius 3 is 2.20 bits per heavy atom. The largest absolute Gasteiger partial charge is 0.501 e. The Hall–Kier alpha value is -2.03. The molecule has 1 N–H and O–H groups in total. The molecule has 1 rings (SSSR count). The molecule has 0 spiro atoms. The molecule has 78 valence electrons. The van der Waals surface area contributed by atoms with Crippen LogP contribution in [0, 0.1) is 5.39 Å². The van der Waals surface area contributed by atoms with Crippen molar-refractivity contribution < 1.29 is 18.3 Å². The van der Waals surface area contributed by atoms with Crippen LogP contribution in [0.1, 0.15) is 11.1 Å². The predicted octanol–water partition coefficient (Wildman–Crippen LogP) is 3.41. The Kier molecular flexibility index (Phi) is 2.95. The molecule has 6 heteroatoms. The molecule has 15 heavy (non-hydrogen) atoms. The third-order valence-electron chi connectivity index (χ3n) is 1.69. The van der Waals surface area contributed by atoms with Gasteiger partial charge in [0, 0.05) is 5.56 Å². The fraction of sp³-hybridized carbons (Fsp3) is 0.111. The number of rotatable bonds is 1. The van der Waals surface area contributed by atoms with Crippen LogP contribution < -0.4 is 0 Å². The lowest BCUT2D eigenvalue weighted by molar-refractivity contribution is -0.137. The molecule has 0 atom stereocenters. The highest BCUT2D eigenvalue weighted by molar-refractivity contribution is 5.59. The average molecular weight is 215 g/mol. The topological polar surface area (TPSA) is 48.4 Å². The van der Waals surface area contributed by atoms with Gasteiger partial charge in [-0.15, -0.1) is 0 Å². The van der Waals surface area contributed by atoms with Crippen LogP contribution >= 0.6 is 0 Å². The van der Waals surface area contributed by atoms with E-state index in [1.54, 1.807) is 0 Å². The second kappa shape index (κ2) is 4.00. The molecular formula is C9H6F3N2O+. The van der Waals surface area contributed by atoms with Gasteiger partial charge in [-0.1, -0.05) is 12.1 Å². The molecule has 0 radical (unpaired) electrons. The van der Waals surface area contributed by atoms with Crippen molar-refractivity contribution in [1.29, 1.82) is 5.39 Å². The van der Waals surface area contributed by atoms with Crippen LogP contribution in [0.4, 0.5) is 13.2 Å². The standard InChI is InChI=1S/C9H5F3N2O/c10-9(11,12)7-3-1-6(2-4-7)8(15)5-14-13/h1-5H/p+1/b8-5-. The summed E-state index contributed by atoms with van der Waals surface area (Å²) < 4.78 is 36.4. The molecule has 0 aliphatic carbocycles. The summed E-state index contributed by atoms with van der Waals surface area (Å²) in [5, 5.41) is 17.2. The first kappa shape index (κ1) is 11.0. The van der Waals surface area contributed by atoms with Crippen molar-refractivity contribution >= 4 is 5.76 Å². The van der Waals surface area contributed by atoms with Crippen molar-refractivity contribution in [3.05, 3.63) is 46.6 Å². The maximum absolute atomic E-state index is 12.1. The SMILES string of the molecule is N#[N+]/C=C(\O)c1ccc(C(F)(F)F)cc1. The maximum Gasteiger partial charge on any atom is 0.416 e. The van der Waals surface area contributed by atoms with Crippen LogP contribution in [0.2, 0.25) is 0 Å². The maximum atomic E-state index is 12.1. The van der Waals surface area contributed by atoms with Gasteiger partial charge in [0.15, 0.2) is 4.98 Å². The Balaban J connectivity index is 3.02. The van der Waals surface area contributed by atoms with E-state index in [4.69, 9.17) is 10.5 Å². The highest BCUT2D eigenvalue weighted by Gasteiger charge is 2.30. The summed E-state index contributed by atoms with van der Waals surface area (Å²) in [6.45, 7) is 0. The molecule has 0 aromatic heterocycles. The normalized spacial score (nSPS) is 12.3. The summed E-state index contributed by atoms with van der Waals surface area (Å²) >= 11 is 0. The summed E-state index contributed by atoms with van der Waals surface area (Å²) in [6, 6.07) is 3.83. The summed E-state index contributed by atoms with van der Waals surface area (Å²) in [5.74, 6) is -0.411. The molecular weight excluding hydrogens is 209 g/mol. The smallest absolute Gasteiger partial charge is 0.416 e. The summed E-state index contributed by atoms with van der Waals surface area (Å²) in [5.41, 5.74) is -0.666. The fourth-order valence-electron chi connectivity index (χ4n) is 0.959. The molecule has 0 aliphatic heterocycles. The monoisotopic (exact) mass is 215 g/mol. The summed E-state index contributed by atoms with van der Waals surface area (Å²) in [6.07, 6.45) is -3.68. The number of aliphatic hydroxyl groups excluding tert-OH is 1. The van der Waals surface area contributed by atoms with E-state index < -0.39 is 17.5 Å². The zero-order chi connectivity index (χ0) is 11.5. The molecule has 1 aromatic carbocycles. The number of hydrogen-bond acceptors (Lipinski definition) is 2. The van der Waals surface area contributed by atoms with Crippen molar-refractivity contribution in [3.63, 3.8) is 0 Å². The number of aliphatic hydroxyl groups is 1. The number of nitrogens with zero attached hydrogens (tertiary/aromatic N) is 2. The predicted molar refractivity (Wildman–Crippen MR) is 47.1 cm³/mol. The van der Waals surface area contributed by atoms with Gasteiger partial charge in [-0.25, -0.2) is 0 Å². The van der Waals surface area contributed by atoms with Crippen LogP contribution in [0.25, 0.3) is 10.7 Å². The Labute approximate surface area is 83.1 Å². The fourth-order valence-corrected chi connectivity index (χ4v) is 0.959. The van der Waals surface area contributed by atoms with Gasteiger partial charge in [-0.05, 0) is 12.1 Å². The minimum Gasteiger partial charge on any atom is -0.501 e. The van der Waals surface area contributed by atoms with Gasteiger partial charge in [0.1, 0.15) is 0 Å². The Morgan fingerprint density at radius 1 is 1.27 bits per heavy atom. The highest BCUT2D eigenvalue weighted by atomic mass is 19.4. The minimum atomic E-state index is -4.40. The van der Waals surface area contributed by atoms with E-state index in [1.807, 2.05) is 0 Å². The first-order valence-corrected chi connectivity index (χ1v) is 3.86. The zero-order valence-electron chi connectivity index (χ0n) is 7.36. The molecule has 0 unspecified atom stereocenters. The highest BCUT2D eigenvalue weighted by Crippen LogP contribution is 2.29. The summed E-state index contributed by atoms with van der Waals surface area (Å²) in [4.78, 5) is 2.55. The molecule has 0 bridgehead atoms. The van der Waals surface area contributed by atoms with Crippen molar-refractivity contribution in [2.75, 3.05) is 0 Å². The second-order valence-corrected chi connectivity index (χ2v) is 2.70. The first-order valence-electron chi connectivity index (χ1n) is 3.86. The van der Waals surface area contributed by atoms with Gasteiger partial charge < -0.3 is 5.11 Å². The van der Waals surface area contributed by atoms with Crippen molar-refractivity contribution in [3.8, 4) is 0 Å². The first-order chi connectivity index (χ1) is 6.95. The third kappa shape index (κ3) is 2.71. The Morgan fingerprint density at radius 2 is 1.80 bits per heavy atom. The van der Waals surface area contributed by atoms with Gasteiger partial charge in [0.05, 0.1) is 5.56 Å². The Bertz CT molecular complexity index is 414. The zero-order valence-corrected chi connectivity index (χ0v) is 7.36. The molecule has 0 saturated carbocycles. The second-order valence-electron chi connectivity index (χ2n) is 2.70. The molecule has 0 saturated heterocycles. The van der Waals surface area contributed by atoms with E-state index >= 15 is 0 Å². The lowest BCUT2D eigenvalue weighted by atomic mass is 10.1. The van der Waals surface area contributed by atoms with Gasteiger partial charge in [0.2, 0.25) is 11.2 Å². The average Bonchev–Trinajstić information content (AvgIpc) is 2.17. The van der Waals surface area contributed by atoms with E-state index in [0.29, 0.717) is 0 Å². The molecule has 1 aromatic rings. The molecule has 0 aliphatic rings. The minimum absolute atomic E-state index is 0.140. The van der Waals surface area contributed by atoms with E-state index in [2.05, 4.69) is 4.98 Å². The van der Waals surface area contributed by atoms with Crippen molar-refractivity contribution in [2.24, 2.45) is 0 Å². The number of hydrogen-bond donors (Lipinski definition) is 1. The van der Waals surface area contributed by atoms with Gasteiger partial charge in [-0.2, -0.15) is 13.2 Å².